The Morgan fingerprint density at radius 3 is 2.69 bits per heavy atom. The number of rotatable bonds is 5. The average molecular weight is 282 g/mol. The highest BCUT2D eigenvalue weighted by molar-refractivity contribution is 9.10. The van der Waals surface area contributed by atoms with Crippen LogP contribution in [0.4, 0.5) is 5.69 Å². The van der Waals surface area contributed by atoms with Gasteiger partial charge in [0, 0.05) is 29.3 Å². The van der Waals surface area contributed by atoms with Crippen LogP contribution in [0.15, 0.2) is 22.7 Å². The monoisotopic (exact) mass is 281 g/mol. The maximum absolute atomic E-state index is 8.82. The molecule has 0 aliphatic rings. The molecule has 2 N–H and O–H groups in total. The summed E-state index contributed by atoms with van der Waals surface area (Å²) >= 11 is 3.38. The highest BCUT2D eigenvalue weighted by atomic mass is 79.9. The second-order valence-electron chi connectivity index (χ2n) is 3.88. The Morgan fingerprint density at radius 1 is 1.31 bits per heavy atom. The van der Waals surface area contributed by atoms with Gasteiger partial charge in [-0.1, -0.05) is 29.8 Å². The summed E-state index contributed by atoms with van der Waals surface area (Å²) in [4.78, 5) is 0. The molecule has 1 aromatic carbocycles. The number of nitrogens with one attached hydrogen (secondary N) is 2. The van der Waals surface area contributed by atoms with E-state index in [9.17, 15) is 0 Å². The SMILES string of the molecule is CC(C)NCCNc1cc(Br)cc(C#N)c1. The van der Waals surface area contributed by atoms with Crippen molar-refractivity contribution in [3.8, 4) is 6.07 Å². The summed E-state index contributed by atoms with van der Waals surface area (Å²) < 4.78 is 0.922. The standard InChI is InChI=1S/C12H16BrN3/c1-9(2)15-3-4-16-12-6-10(8-14)5-11(13)7-12/h5-7,9,15-16H,3-4H2,1-2H3. The zero-order valence-electron chi connectivity index (χ0n) is 9.55. The number of anilines is 1. The lowest BCUT2D eigenvalue weighted by Crippen LogP contribution is -2.28. The molecular formula is C12H16BrN3. The summed E-state index contributed by atoms with van der Waals surface area (Å²) in [5, 5.41) is 15.4. The van der Waals surface area contributed by atoms with Gasteiger partial charge >= 0.3 is 0 Å². The van der Waals surface area contributed by atoms with Gasteiger partial charge in [0.15, 0.2) is 0 Å². The molecule has 0 spiro atoms. The molecule has 0 aliphatic heterocycles. The van der Waals surface area contributed by atoms with Gasteiger partial charge in [0.25, 0.3) is 0 Å². The summed E-state index contributed by atoms with van der Waals surface area (Å²) in [6, 6.07) is 8.25. The van der Waals surface area contributed by atoms with Crippen molar-refractivity contribution < 1.29 is 0 Å². The highest BCUT2D eigenvalue weighted by Crippen LogP contribution is 2.18. The van der Waals surface area contributed by atoms with Gasteiger partial charge in [0.05, 0.1) is 11.6 Å². The maximum atomic E-state index is 8.82. The summed E-state index contributed by atoms with van der Waals surface area (Å²) in [6.07, 6.45) is 0. The van der Waals surface area contributed by atoms with Crippen molar-refractivity contribution in [1.82, 2.24) is 5.32 Å². The van der Waals surface area contributed by atoms with Crippen molar-refractivity contribution in [3.05, 3.63) is 28.2 Å². The minimum absolute atomic E-state index is 0.499. The molecule has 0 unspecified atom stereocenters. The van der Waals surface area contributed by atoms with Crippen molar-refractivity contribution in [3.63, 3.8) is 0 Å². The van der Waals surface area contributed by atoms with Gasteiger partial charge in [0.1, 0.15) is 0 Å². The molecule has 16 heavy (non-hydrogen) atoms. The van der Waals surface area contributed by atoms with Crippen molar-refractivity contribution in [2.45, 2.75) is 19.9 Å². The molecule has 3 nitrogen and oxygen atoms in total. The molecule has 0 saturated carbocycles. The molecule has 0 fully saturated rings. The first kappa shape index (κ1) is 13.0. The van der Waals surface area contributed by atoms with Crippen LogP contribution in [0.5, 0.6) is 0 Å². The van der Waals surface area contributed by atoms with Gasteiger partial charge < -0.3 is 10.6 Å². The average Bonchev–Trinajstić information content (AvgIpc) is 2.23. The van der Waals surface area contributed by atoms with Crippen LogP contribution in [0.2, 0.25) is 0 Å². The Morgan fingerprint density at radius 2 is 2.06 bits per heavy atom. The molecule has 1 aromatic rings. The fraction of sp³-hybridized carbons (Fsp3) is 0.417. The fourth-order valence-electron chi connectivity index (χ4n) is 1.32. The second-order valence-corrected chi connectivity index (χ2v) is 4.79. The largest absolute Gasteiger partial charge is 0.384 e. The lowest BCUT2D eigenvalue weighted by Gasteiger charge is -2.10. The summed E-state index contributed by atoms with van der Waals surface area (Å²) in [5.74, 6) is 0. The first-order valence-electron chi connectivity index (χ1n) is 5.30. The van der Waals surface area contributed by atoms with Gasteiger partial charge in [-0.25, -0.2) is 0 Å². The zero-order chi connectivity index (χ0) is 12.0. The van der Waals surface area contributed by atoms with Gasteiger partial charge in [0.2, 0.25) is 0 Å². The van der Waals surface area contributed by atoms with Gasteiger partial charge in [-0.3, -0.25) is 0 Å². The molecule has 0 heterocycles. The number of hydrogen-bond donors (Lipinski definition) is 2. The number of nitrogens with zero attached hydrogens (tertiary/aromatic N) is 1. The summed E-state index contributed by atoms with van der Waals surface area (Å²) in [7, 11) is 0. The van der Waals surface area contributed by atoms with E-state index in [1.165, 1.54) is 0 Å². The molecule has 0 aliphatic carbocycles. The molecule has 0 radical (unpaired) electrons. The lowest BCUT2D eigenvalue weighted by atomic mass is 10.2. The third kappa shape index (κ3) is 4.65. The van der Waals surface area contributed by atoms with Crippen LogP contribution in [0, 0.1) is 11.3 Å². The molecule has 0 amide bonds. The third-order valence-corrected chi connectivity index (χ3v) is 2.49. The minimum Gasteiger partial charge on any atom is -0.384 e. The number of nitriles is 1. The van der Waals surface area contributed by atoms with E-state index in [4.69, 9.17) is 5.26 Å². The van der Waals surface area contributed by atoms with E-state index in [-0.39, 0.29) is 0 Å². The fourth-order valence-corrected chi connectivity index (χ4v) is 1.82. The van der Waals surface area contributed by atoms with Crippen LogP contribution in [0.1, 0.15) is 19.4 Å². The lowest BCUT2D eigenvalue weighted by molar-refractivity contribution is 0.602. The van der Waals surface area contributed by atoms with Gasteiger partial charge in [-0.15, -0.1) is 0 Å². The van der Waals surface area contributed by atoms with E-state index in [1.54, 1.807) is 6.07 Å². The van der Waals surface area contributed by atoms with Crippen molar-refractivity contribution in [1.29, 1.82) is 5.26 Å². The molecule has 0 atom stereocenters. The number of hydrogen-bond acceptors (Lipinski definition) is 3. The highest BCUT2D eigenvalue weighted by Gasteiger charge is 1.98. The van der Waals surface area contributed by atoms with Crippen molar-refractivity contribution in [2.75, 3.05) is 18.4 Å². The van der Waals surface area contributed by atoms with E-state index in [1.807, 2.05) is 12.1 Å². The van der Waals surface area contributed by atoms with Gasteiger partial charge in [-0.2, -0.15) is 5.26 Å². The van der Waals surface area contributed by atoms with E-state index in [2.05, 4.69) is 46.5 Å². The van der Waals surface area contributed by atoms with E-state index >= 15 is 0 Å². The topological polar surface area (TPSA) is 47.8 Å². The van der Waals surface area contributed by atoms with Crippen LogP contribution < -0.4 is 10.6 Å². The van der Waals surface area contributed by atoms with Crippen LogP contribution in [-0.2, 0) is 0 Å². The second kappa shape index (κ2) is 6.51. The smallest absolute Gasteiger partial charge is 0.0992 e. The Bertz CT molecular complexity index is 382. The van der Waals surface area contributed by atoms with Crippen LogP contribution in [-0.4, -0.2) is 19.1 Å². The molecule has 0 aromatic heterocycles. The zero-order valence-corrected chi connectivity index (χ0v) is 11.1. The van der Waals surface area contributed by atoms with Crippen LogP contribution >= 0.6 is 15.9 Å². The summed E-state index contributed by atoms with van der Waals surface area (Å²) in [6.45, 7) is 5.99. The van der Waals surface area contributed by atoms with E-state index in [0.717, 1.165) is 23.2 Å². The van der Waals surface area contributed by atoms with Crippen molar-refractivity contribution in [2.24, 2.45) is 0 Å². The predicted molar refractivity (Wildman–Crippen MR) is 70.5 cm³/mol. The van der Waals surface area contributed by atoms with E-state index < -0.39 is 0 Å². The molecule has 1 rings (SSSR count). The molecule has 0 bridgehead atoms. The Balaban J connectivity index is 2.48. The molecule has 4 heteroatoms. The van der Waals surface area contributed by atoms with Gasteiger partial charge in [-0.05, 0) is 18.2 Å². The van der Waals surface area contributed by atoms with Crippen LogP contribution in [0.25, 0.3) is 0 Å². The molecule has 0 saturated heterocycles. The first-order chi connectivity index (χ1) is 7.61. The first-order valence-corrected chi connectivity index (χ1v) is 6.09. The minimum atomic E-state index is 0.499. The normalized spacial score (nSPS) is 10.2. The molecular weight excluding hydrogens is 266 g/mol. The Labute approximate surface area is 105 Å². The van der Waals surface area contributed by atoms with Crippen molar-refractivity contribution >= 4 is 21.6 Å². The Kier molecular flexibility index (Phi) is 5.30. The Hall–Kier alpha value is -1.05. The van der Waals surface area contributed by atoms with Crippen LogP contribution in [0.3, 0.4) is 0 Å². The maximum Gasteiger partial charge on any atom is 0.0992 e. The quantitative estimate of drug-likeness (QED) is 0.816. The molecule has 86 valence electrons. The third-order valence-electron chi connectivity index (χ3n) is 2.03. The number of benzene rings is 1. The predicted octanol–water partition coefficient (Wildman–Crippen LogP) is 2.73. The van der Waals surface area contributed by atoms with E-state index in [0.29, 0.717) is 11.6 Å². The summed E-state index contributed by atoms with van der Waals surface area (Å²) in [5.41, 5.74) is 1.63. The number of halogens is 1.